The summed E-state index contributed by atoms with van der Waals surface area (Å²) in [6, 6.07) is 12.0. The minimum atomic E-state index is -3.54. The first kappa shape index (κ1) is 15.1. The van der Waals surface area contributed by atoms with Crippen molar-refractivity contribution in [3.63, 3.8) is 0 Å². The van der Waals surface area contributed by atoms with Crippen molar-refractivity contribution >= 4 is 16.1 Å². The summed E-state index contributed by atoms with van der Waals surface area (Å²) in [5.74, 6) is 0. The molecular weight excluding hydrogens is 290 g/mol. The molecule has 0 fully saturated rings. The van der Waals surface area contributed by atoms with Crippen molar-refractivity contribution in [2.75, 3.05) is 6.54 Å². The summed E-state index contributed by atoms with van der Waals surface area (Å²) in [6.07, 6.45) is 2.99. The van der Waals surface area contributed by atoms with Crippen LogP contribution in [0.3, 0.4) is 0 Å². The van der Waals surface area contributed by atoms with E-state index in [0.717, 1.165) is 11.0 Å². The first-order valence-electron chi connectivity index (χ1n) is 6.32. The fraction of sp³-hybridized carbons (Fsp3) is 0.143. The molecule has 0 aliphatic heterocycles. The lowest BCUT2D eigenvalue weighted by Gasteiger charge is -2.04. The smallest absolute Gasteiger partial charge is 0.266 e. The minimum absolute atomic E-state index is 0.0956. The van der Waals surface area contributed by atoms with Crippen molar-refractivity contribution < 1.29 is 8.42 Å². The van der Waals surface area contributed by atoms with Gasteiger partial charge in [0.05, 0.1) is 6.54 Å². The predicted molar refractivity (Wildman–Crippen MR) is 80.9 cm³/mol. The summed E-state index contributed by atoms with van der Waals surface area (Å²) in [6.45, 7) is 0.274. The first-order valence-corrected chi connectivity index (χ1v) is 7.86. The lowest BCUT2D eigenvalue weighted by atomic mass is 10.2. The number of rotatable bonds is 6. The highest BCUT2D eigenvalue weighted by Gasteiger charge is 2.04. The molecule has 0 spiro atoms. The van der Waals surface area contributed by atoms with Crippen molar-refractivity contribution in [2.45, 2.75) is 6.54 Å². The Morgan fingerprint density at radius 1 is 1.14 bits per heavy atom. The van der Waals surface area contributed by atoms with Crippen molar-refractivity contribution in [3.8, 4) is 0 Å². The van der Waals surface area contributed by atoms with E-state index in [0.29, 0.717) is 0 Å². The number of sulfonamides is 1. The molecule has 1 heterocycles. The Hall–Kier alpha value is -2.25. The third-order valence-corrected chi connectivity index (χ3v) is 3.75. The third-order valence-electron chi connectivity index (χ3n) is 2.65. The number of hydrogen-bond acceptors (Lipinski definition) is 4. The molecule has 0 amide bonds. The molecule has 110 valence electrons. The zero-order valence-corrected chi connectivity index (χ0v) is 12.0. The van der Waals surface area contributed by atoms with Crippen LogP contribution >= 0.6 is 0 Å². The van der Waals surface area contributed by atoms with Crippen LogP contribution in [0.5, 0.6) is 0 Å². The molecule has 1 aromatic heterocycles. The predicted octanol–water partition coefficient (Wildman–Crippen LogP) is 0.834. The highest BCUT2D eigenvalue weighted by atomic mass is 32.2. The van der Waals surface area contributed by atoms with E-state index in [1.54, 1.807) is 12.1 Å². The fourth-order valence-electron chi connectivity index (χ4n) is 1.63. The van der Waals surface area contributed by atoms with Gasteiger partial charge in [0.2, 0.25) is 10.0 Å². The number of nitrogens with zero attached hydrogens (tertiary/aromatic N) is 2. The van der Waals surface area contributed by atoms with Gasteiger partial charge >= 0.3 is 0 Å². The van der Waals surface area contributed by atoms with Crippen LogP contribution < -0.4 is 10.3 Å². The van der Waals surface area contributed by atoms with Gasteiger partial charge in [-0.15, -0.1) is 0 Å². The molecule has 6 nitrogen and oxygen atoms in total. The first-order chi connectivity index (χ1) is 10.1. The highest BCUT2D eigenvalue weighted by molar-refractivity contribution is 7.92. The van der Waals surface area contributed by atoms with Crippen LogP contribution in [0.1, 0.15) is 5.56 Å². The molecule has 1 N–H and O–H groups in total. The Kier molecular flexibility index (Phi) is 5.02. The van der Waals surface area contributed by atoms with Crippen molar-refractivity contribution in [1.29, 1.82) is 0 Å². The highest BCUT2D eigenvalue weighted by Crippen LogP contribution is 2.02. The summed E-state index contributed by atoms with van der Waals surface area (Å²) in [5, 5.41) is 4.94. The molecule has 21 heavy (non-hydrogen) atoms. The van der Waals surface area contributed by atoms with Crippen LogP contribution in [0.15, 0.2) is 58.9 Å². The second-order valence-electron chi connectivity index (χ2n) is 4.24. The lowest BCUT2D eigenvalue weighted by Crippen LogP contribution is -2.30. The van der Waals surface area contributed by atoms with E-state index in [-0.39, 0.29) is 18.6 Å². The second kappa shape index (κ2) is 6.96. The molecule has 1 aromatic carbocycles. The molecule has 0 atom stereocenters. The Morgan fingerprint density at radius 2 is 1.90 bits per heavy atom. The topological polar surface area (TPSA) is 81.1 Å². The lowest BCUT2D eigenvalue weighted by molar-refractivity contribution is 0.552. The minimum Gasteiger partial charge on any atom is -0.268 e. The number of hydrogen-bond donors (Lipinski definition) is 1. The summed E-state index contributed by atoms with van der Waals surface area (Å²) >= 11 is 0. The molecule has 0 aliphatic rings. The van der Waals surface area contributed by atoms with E-state index in [1.807, 2.05) is 18.2 Å². The number of benzene rings is 1. The number of nitrogens with one attached hydrogen (secondary N) is 1. The van der Waals surface area contributed by atoms with Crippen LogP contribution in [0, 0.1) is 0 Å². The van der Waals surface area contributed by atoms with Crippen LogP contribution in [-0.4, -0.2) is 24.7 Å². The maximum Gasteiger partial charge on any atom is 0.266 e. The monoisotopic (exact) mass is 305 g/mol. The molecular formula is C14H15N3O3S. The van der Waals surface area contributed by atoms with Crippen molar-refractivity contribution in [3.05, 3.63) is 70.0 Å². The summed E-state index contributed by atoms with van der Waals surface area (Å²) in [5.41, 5.74) is 0.528. The van der Waals surface area contributed by atoms with Gasteiger partial charge in [-0.25, -0.2) is 17.8 Å². The van der Waals surface area contributed by atoms with Crippen LogP contribution in [0.25, 0.3) is 6.08 Å². The molecule has 0 saturated carbocycles. The normalized spacial score (nSPS) is 11.8. The Bertz CT molecular complexity index is 767. The van der Waals surface area contributed by atoms with Gasteiger partial charge in [-0.1, -0.05) is 30.3 Å². The quantitative estimate of drug-likeness (QED) is 0.857. The molecule has 7 heteroatoms. The van der Waals surface area contributed by atoms with Gasteiger partial charge in [-0.05, 0) is 17.7 Å². The van der Waals surface area contributed by atoms with Crippen LogP contribution in [0.2, 0.25) is 0 Å². The molecule has 2 aromatic rings. The summed E-state index contributed by atoms with van der Waals surface area (Å²) in [7, 11) is -3.54. The average Bonchev–Trinajstić information content (AvgIpc) is 2.48. The molecule has 0 unspecified atom stereocenters. The standard InChI is InChI=1S/C14H15N3O3S/c18-14-7-4-9-15-17(14)11-10-16-21(19,20)12-8-13-5-2-1-3-6-13/h1-9,12,16H,10-11H2/b12-8-. The zero-order chi connectivity index (χ0) is 15.1. The summed E-state index contributed by atoms with van der Waals surface area (Å²) < 4.78 is 27.1. The van der Waals surface area contributed by atoms with Gasteiger partial charge in [0.1, 0.15) is 0 Å². The Morgan fingerprint density at radius 3 is 2.62 bits per heavy atom. The van der Waals surface area contributed by atoms with E-state index in [2.05, 4.69) is 9.82 Å². The van der Waals surface area contributed by atoms with Gasteiger partial charge in [0.25, 0.3) is 5.56 Å². The summed E-state index contributed by atoms with van der Waals surface area (Å²) in [4.78, 5) is 11.4. The maximum atomic E-state index is 11.8. The van der Waals surface area contributed by atoms with Gasteiger partial charge in [0.15, 0.2) is 0 Å². The molecule has 2 rings (SSSR count). The fourth-order valence-corrected chi connectivity index (χ4v) is 2.44. The average molecular weight is 305 g/mol. The third kappa shape index (κ3) is 4.97. The largest absolute Gasteiger partial charge is 0.268 e. The number of aromatic nitrogens is 2. The van der Waals surface area contributed by atoms with Gasteiger partial charge in [-0.2, -0.15) is 5.10 Å². The zero-order valence-electron chi connectivity index (χ0n) is 11.2. The second-order valence-corrected chi connectivity index (χ2v) is 5.89. The van der Waals surface area contributed by atoms with Crippen molar-refractivity contribution in [2.24, 2.45) is 0 Å². The molecule has 0 bridgehead atoms. The SMILES string of the molecule is O=c1cccnn1CCNS(=O)(=O)/C=C\c1ccccc1. The van der Waals surface area contributed by atoms with Gasteiger partial charge in [-0.3, -0.25) is 4.79 Å². The van der Waals surface area contributed by atoms with Gasteiger partial charge < -0.3 is 0 Å². The van der Waals surface area contributed by atoms with Crippen LogP contribution in [-0.2, 0) is 16.6 Å². The molecule has 0 aliphatic carbocycles. The van der Waals surface area contributed by atoms with Crippen molar-refractivity contribution in [1.82, 2.24) is 14.5 Å². The van der Waals surface area contributed by atoms with Crippen LogP contribution in [0.4, 0.5) is 0 Å². The van der Waals surface area contributed by atoms with E-state index in [9.17, 15) is 13.2 Å². The van der Waals surface area contributed by atoms with E-state index < -0.39 is 10.0 Å². The molecule has 0 saturated heterocycles. The molecule has 0 radical (unpaired) electrons. The Labute approximate surface area is 122 Å². The van der Waals surface area contributed by atoms with Gasteiger partial charge in [0, 0.05) is 24.2 Å². The van der Waals surface area contributed by atoms with E-state index in [1.165, 1.54) is 29.1 Å². The maximum absolute atomic E-state index is 11.8. The Balaban J connectivity index is 1.92. The van der Waals surface area contributed by atoms with E-state index >= 15 is 0 Å². The van der Waals surface area contributed by atoms with E-state index in [4.69, 9.17) is 0 Å².